The number of rotatable bonds is 2. The molecule has 0 nitrogen and oxygen atoms in total. The molecule has 8 heteroatoms. The molecule has 0 bridgehead atoms. The van der Waals surface area contributed by atoms with Crippen molar-refractivity contribution in [2.24, 2.45) is 0 Å². The molecule has 0 saturated carbocycles. The minimum absolute atomic E-state index is 0.890. The van der Waals surface area contributed by atoms with Crippen molar-refractivity contribution < 1.29 is 26.3 Å². The minimum atomic E-state index is -4.23. The summed E-state index contributed by atoms with van der Waals surface area (Å²) in [7, 11) is 0. The molecule has 0 radical (unpaired) electrons. The van der Waals surface area contributed by atoms with Crippen molar-refractivity contribution in [3.63, 3.8) is 0 Å². The van der Waals surface area contributed by atoms with E-state index in [1.54, 1.807) is 0 Å². The van der Waals surface area contributed by atoms with Gasteiger partial charge in [0.25, 0.3) is 0 Å². The maximum Gasteiger partial charge on any atom is 0.404 e. The summed E-state index contributed by atoms with van der Waals surface area (Å²) in [6.07, 6.45) is -4.23. The summed E-state index contributed by atoms with van der Waals surface area (Å²) >= 11 is 9.12. The van der Waals surface area contributed by atoms with Crippen molar-refractivity contribution in [3.8, 4) is 0 Å². The Morgan fingerprint density at radius 3 is 1.29 bits per heavy atom. The van der Waals surface area contributed by atoms with E-state index in [9.17, 15) is 26.3 Å². The highest BCUT2D eigenvalue weighted by Gasteiger charge is 2.33. The molecule has 0 aromatic heterocycles. The SMILES string of the molecule is CC(Cl)C(F)(F)F.FCC(F)(Cl)CF. The van der Waals surface area contributed by atoms with Gasteiger partial charge >= 0.3 is 6.18 Å². The zero-order chi connectivity index (χ0) is 12.0. The van der Waals surface area contributed by atoms with Gasteiger partial charge in [-0.05, 0) is 6.92 Å². The van der Waals surface area contributed by atoms with Crippen LogP contribution in [0.1, 0.15) is 6.92 Å². The number of hydrogen-bond acceptors (Lipinski definition) is 0. The van der Waals surface area contributed by atoms with Gasteiger partial charge in [0.05, 0.1) is 0 Å². The molecule has 0 spiro atoms. The van der Waals surface area contributed by atoms with Gasteiger partial charge in [-0.25, -0.2) is 13.2 Å². The summed E-state index contributed by atoms with van der Waals surface area (Å²) in [5, 5.41) is -4.51. The van der Waals surface area contributed by atoms with Crippen molar-refractivity contribution in [2.45, 2.75) is 23.6 Å². The van der Waals surface area contributed by atoms with Crippen LogP contribution < -0.4 is 0 Å². The predicted molar refractivity (Wildman–Crippen MR) is 43.0 cm³/mol. The van der Waals surface area contributed by atoms with E-state index in [0.717, 1.165) is 6.92 Å². The molecule has 0 aliphatic carbocycles. The quantitative estimate of drug-likeness (QED) is 0.522. The van der Waals surface area contributed by atoms with Crippen LogP contribution in [0.4, 0.5) is 26.3 Å². The van der Waals surface area contributed by atoms with Crippen LogP contribution in [0.3, 0.4) is 0 Å². The van der Waals surface area contributed by atoms with Crippen LogP contribution in [0.15, 0.2) is 0 Å². The minimum Gasteiger partial charge on any atom is -0.246 e. The Kier molecular flexibility index (Phi) is 7.83. The van der Waals surface area contributed by atoms with E-state index in [1.807, 2.05) is 0 Å². The molecule has 88 valence electrons. The lowest BCUT2D eigenvalue weighted by molar-refractivity contribution is -0.127. The smallest absolute Gasteiger partial charge is 0.246 e. The molecule has 0 saturated heterocycles. The van der Waals surface area contributed by atoms with Crippen LogP contribution in [-0.4, -0.2) is 30.0 Å². The molecule has 0 fully saturated rings. The van der Waals surface area contributed by atoms with E-state index in [-0.39, 0.29) is 0 Å². The second-order valence-corrected chi connectivity index (χ2v) is 3.61. The average molecular weight is 265 g/mol. The fourth-order valence-corrected chi connectivity index (χ4v) is 0.0357. The molecule has 0 aliphatic heterocycles. The maximum atomic E-state index is 11.6. The zero-order valence-electron chi connectivity index (χ0n) is 7.02. The van der Waals surface area contributed by atoms with Crippen molar-refractivity contribution in [2.75, 3.05) is 13.3 Å². The molecular weight excluding hydrogens is 257 g/mol. The summed E-state index contributed by atoms with van der Waals surface area (Å²) in [6, 6.07) is 0. The topological polar surface area (TPSA) is 0 Å². The van der Waals surface area contributed by atoms with Gasteiger partial charge in [-0.15, -0.1) is 11.6 Å². The monoisotopic (exact) mass is 264 g/mol. The lowest BCUT2D eigenvalue weighted by atomic mass is 10.5. The van der Waals surface area contributed by atoms with Gasteiger partial charge in [0.15, 0.2) is 0 Å². The van der Waals surface area contributed by atoms with Gasteiger partial charge in [-0.3, -0.25) is 0 Å². The Labute approximate surface area is 87.2 Å². The number of halogens is 8. The maximum absolute atomic E-state index is 11.6. The predicted octanol–water partition coefficient (Wildman–Crippen LogP) is 4.01. The molecule has 0 N–H and O–H groups in total. The van der Waals surface area contributed by atoms with E-state index in [4.69, 9.17) is 0 Å². The van der Waals surface area contributed by atoms with Gasteiger partial charge in [0.1, 0.15) is 18.7 Å². The van der Waals surface area contributed by atoms with Gasteiger partial charge < -0.3 is 0 Å². The van der Waals surface area contributed by atoms with Gasteiger partial charge in [0.2, 0.25) is 5.13 Å². The van der Waals surface area contributed by atoms with Crippen molar-refractivity contribution >= 4 is 23.2 Å². The summed E-state index contributed by atoms with van der Waals surface area (Å²) in [5.74, 6) is 0. The summed E-state index contributed by atoms with van der Waals surface area (Å²) in [5.41, 5.74) is 0. The van der Waals surface area contributed by atoms with Crippen molar-refractivity contribution in [1.82, 2.24) is 0 Å². The Bertz CT molecular complexity index is 135. The van der Waals surface area contributed by atoms with Crippen LogP contribution >= 0.6 is 23.2 Å². The average Bonchev–Trinajstić information content (AvgIpc) is 2.04. The highest BCUT2D eigenvalue weighted by Crippen LogP contribution is 2.23. The van der Waals surface area contributed by atoms with Crippen LogP contribution in [0.5, 0.6) is 0 Å². The van der Waals surface area contributed by atoms with Crippen LogP contribution in [-0.2, 0) is 0 Å². The standard InChI is InChI=1S/2C3H4ClF3/c4-3(7,1-5)2-6;1-2(4)3(5,6)7/h1-2H2;2H,1H3. The van der Waals surface area contributed by atoms with Crippen LogP contribution in [0.25, 0.3) is 0 Å². The third-order valence-electron chi connectivity index (χ3n) is 0.842. The van der Waals surface area contributed by atoms with Crippen LogP contribution in [0.2, 0.25) is 0 Å². The first-order valence-electron chi connectivity index (χ1n) is 3.27. The van der Waals surface area contributed by atoms with Gasteiger partial charge in [-0.2, -0.15) is 13.2 Å². The van der Waals surface area contributed by atoms with Crippen molar-refractivity contribution in [3.05, 3.63) is 0 Å². The first-order valence-corrected chi connectivity index (χ1v) is 4.09. The Balaban J connectivity index is 0. The Hall–Kier alpha value is 0.160. The van der Waals surface area contributed by atoms with E-state index < -0.39 is 30.0 Å². The molecular formula is C6H8Cl2F6. The molecule has 1 atom stereocenters. The fraction of sp³-hybridized carbons (Fsp3) is 1.00. The van der Waals surface area contributed by atoms with Gasteiger partial charge in [-0.1, -0.05) is 11.6 Å². The molecule has 0 heterocycles. The fourth-order valence-electron chi connectivity index (χ4n) is 0.0357. The summed E-state index contributed by atoms with van der Waals surface area (Å²) in [4.78, 5) is 0. The lowest BCUT2D eigenvalue weighted by Gasteiger charge is -2.05. The van der Waals surface area contributed by atoms with Crippen LogP contribution in [0, 0.1) is 0 Å². The molecule has 1 unspecified atom stereocenters. The highest BCUT2D eigenvalue weighted by atomic mass is 35.5. The number of alkyl halides is 8. The first-order chi connectivity index (χ1) is 6.06. The highest BCUT2D eigenvalue weighted by molar-refractivity contribution is 6.23. The van der Waals surface area contributed by atoms with E-state index in [2.05, 4.69) is 23.2 Å². The van der Waals surface area contributed by atoms with E-state index in [0.29, 0.717) is 0 Å². The lowest BCUT2D eigenvalue weighted by Crippen LogP contribution is -2.19. The molecule has 14 heavy (non-hydrogen) atoms. The Morgan fingerprint density at radius 1 is 1.07 bits per heavy atom. The molecule has 0 aromatic rings. The largest absolute Gasteiger partial charge is 0.404 e. The van der Waals surface area contributed by atoms with Crippen molar-refractivity contribution in [1.29, 1.82) is 0 Å². The summed E-state index contributed by atoms with van der Waals surface area (Å²) in [6.45, 7) is -2.07. The van der Waals surface area contributed by atoms with Gasteiger partial charge in [0, 0.05) is 0 Å². The second kappa shape index (κ2) is 6.61. The molecule has 0 aromatic carbocycles. The summed E-state index contributed by atoms with van der Waals surface area (Å²) < 4.78 is 66.8. The molecule has 0 aliphatic rings. The third kappa shape index (κ3) is 10.2. The second-order valence-electron chi connectivity index (χ2n) is 2.28. The van der Waals surface area contributed by atoms with E-state index >= 15 is 0 Å². The normalized spacial score (nSPS) is 14.4. The molecule has 0 rings (SSSR count). The zero-order valence-corrected chi connectivity index (χ0v) is 8.53. The Morgan fingerprint density at radius 2 is 1.29 bits per heavy atom. The first kappa shape index (κ1) is 16.6. The third-order valence-corrected chi connectivity index (χ3v) is 1.29. The number of hydrogen-bond donors (Lipinski definition) is 0. The molecule has 0 amide bonds. The van der Waals surface area contributed by atoms with E-state index in [1.165, 1.54) is 0 Å².